The Labute approximate surface area is 249 Å². The summed E-state index contributed by atoms with van der Waals surface area (Å²) in [5, 5.41) is 16.0. The first kappa shape index (κ1) is 28.3. The third kappa shape index (κ3) is 5.67. The molecule has 4 aromatic rings. The highest BCUT2D eigenvalue weighted by Crippen LogP contribution is 2.43. The summed E-state index contributed by atoms with van der Waals surface area (Å²) in [5.74, 6) is -0.746. The Kier molecular flexibility index (Phi) is 7.80. The van der Waals surface area contributed by atoms with E-state index in [0.717, 1.165) is 47.5 Å². The van der Waals surface area contributed by atoms with Crippen LogP contribution in [0.2, 0.25) is 0 Å². The fourth-order valence-corrected chi connectivity index (χ4v) is 6.30. The third-order valence-corrected chi connectivity index (χ3v) is 8.65. The number of hydrogen-bond acceptors (Lipinski definition) is 5. The average Bonchev–Trinajstić information content (AvgIpc) is 3.75. The van der Waals surface area contributed by atoms with Crippen molar-refractivity contribution in [1.29, 1.82) is 0 Å². The number of rotatable bonds is 10. The van der Waals surface area contributed by atoms with Gasteiger partial charge < -0.3 is 29.9 Å². The number of anilines is 1. The van der Waals surface area contributed by atoms with Gasteiger partial charge >= 0.3 is 5.97 Å². The van der Waals surface area contributed by atoms with Gasteiger partial charge in [-0.15, -0.1) is 0 Å². The Morgan fingerprint density at radius 3 is 2.58 bits per heavy atom. The van der Waals surface area contributed by atoms with Crippen LogP contribution in [0.1, 0.15) is 79.3 Å². The number of ether oxygens (including phenoxy) is 1. The monoisotopic (exact) mass is 581 g/mol. The predicted octanol–water partition coefficient (Wildman–Crippen LogP) is 6.87. The van der Waals surface area contributed by atoms with E-state index in [2.05, 4.69) is 15.6 Å². The molecule has 0 bridgehead atoms. The van der Waals surface area contributed by atoms with Crippen LogP contribution >= 0.6 is 0 Å². The van der Waals surface area contributed by atoms with Crippen molar-refractivity contribution >= 4 is 40.4 Å². The lowest BCUT2D eigenvalue weighted by molar-refractivity contribution is -0.131. The van der Waals surface area contributed by atoms with Crippen LogP contribution in [0, 0.1) is 0 Å². The van der Waals surface area contributed by atoms with Crippen LogP contribution in [-0.4, -0.2) is 40.0 Å². The molecule has 9 heteroatoms. The van der Waals surface area contributed by atoms with Gasteiger partial charge in [-0.1, -0.05) is 18.9 Å². The van der Waals surface area contributed by atoms with E-state index < -0.39 is 11.5 Å². The molecule has 0 radical (unpaired) electrons. The summed E-state index contributed by atoms with van der Waals surface area (Å²) in [5.41, 5.74) is 4.75. The van der Waals surface area contributed by atoms with Crippen molar-refractivity contribution < 1.29 is 28.6 Å². The van der Waals surface area contributed by atoms with E-state index in [-0.39, 0.29) is 11.8 Å². The minimum absolute atomic E-state index is 0.296. The van der Waals surface area contributed by atoms with Crippen LogP contribution in [-0.2, 0) is 9.59 Å². The van der Waals surface area contributed by atoms with E-state index in [9.17, 15) is 14.4 Å². The molecule has 2 saturated carbocycles. The van der Waals surface area contributed by atoms with Gasteiger partial charge in [0.1, 0.15) is 11.3 Å². The van der Waals surface area contributed by atoms with Crippen molar-refractivity contribution in [2.45, 2.75) is 63.3 Å². The van der Waals surface area contributed by atoms with E-state index >= 15 is 0 Å². The average molecular weight is 582 g/mol. The van der Waals surface area contributed by atoms with Crippen molar-refractivity contribution in [3.8, 4) is 17.0 Å². The molecule has 43 heavy (non-hydrogen) atoms. The second kappa shape index (κ2) is 11.8. The van der Waals surface area contributed by atoms with Crippen molar-refractivity contribution in [2.75, 3.05) is 11.9 Å². The number of aromatic nitrogens is 1. The van der Waals surface area contributed by atoms with Gasteiger partial charge in [0.05, 0.1) is 24.8 Å². The zero-order chi connectivity index (χ0) is 30.0. The molecule has 2 aliphatic carbocycles. The SMILES string of the molecule is CCOc1cc(NC(=O)C2(NC(=O)c3ccc4c(C5CCCC5)c(-c5ccoc5)[nH]c4c3)CCC2)ccc1/C=C/C(=O)O. The van der Waals surface area contributed by atoms with Crippen molar-refractivity contribution in [1.82, 2.24) is 10.3 Å². The van der Waals surface area contributed by atoms with Gasteiger partial charge in [-0.05, 0) is 86.9 Å². The van der Waals surface area contributed by atoms with E-state index in [1.807, 2.05) is 31.2 Å². The molecule has 2 heterocycles. The highest BCUT2D eigenvalue weighted by Gasteiger charge is 2.45. The fourth-order valence-electron chi connectivity index (χ4n) is 6.30. The lowest BCUT2D eigenvalue weighted by atomic mass is 9.75. The molecule has 4 N–H and O–H groups in total. The molecule has 2 aliphatic rings. The van der Waals surface area contributed by atoms with Crippen LogP contribution in [0.4, 0.5) is 5.69 Å². The third-order valence-electron chi connectivity index (χ3n) is 8.65. The first-order valence-electron chi connectivity index (χ1n) is 14.9. The number of nitrogens with one attached hydrogen (secondary N) is 3. The van der Waals surface area contributed by atoms with Crippen molar-refractivity contribution in [3.05, 3.63) is 77.8 Å². The molecule has 9 nitrogen and oxygen atoms in total. The topological polar surface area (TPSA) is 134 Å². The van der Waals surface area contributed by atoms with Crippen LogP contribution in [0.15, 0.2) is 65.5 Å². The standard InChI is InChI=1S/C34H35N3O6/c1-2-43-28-19-25(11-8-21(28)10-13-29(38)39)35-33(41)34(15-5-16-34)37-32(40)23-9-12-26-27(18-23)36-31(24-14-17-42-20-24)30(26)22-6-3-4-7-22/h8-14,17-20,22,36H,2-7,15-16H2,1H3,(H,35,41)(H,37,40)(H,38,39)/b13-10+. The van der Waals surface area contributed by atoms with Gasteiger partial charge in [-0.25, -0.2) is 4.79 Å². The number of carbonyl (C=O) groups is 3. The van der Waals surface area contributed by atoms with Gasteiger partial charge in [0.15, 0.2) is 0 Å². The first-order valence-corrected chi connectivity index (χ1v) is 14.9. The largest absolute Gasteiger partial charge is 0.493 e. The quantitative estimate of drug-likeness (QED) is 0.151. The Morgan fingerprint density at radius 1 is 1.09 bits per heavy atom. The smallest absolute Gasteiger partial charge is 0.328 e. The number of hydrogen-bond donors (Lipinski definition) is 4. The molecule has 0 unspecified atom stereocenters. The molecule has 222 valence electrons. The number of carbonyl (C=O) groups excluding carboxylic acids is 2. The summed E-state index contributed by atoms with van der Waals surface area (Å²) >= 11 is 0. The maximum absolute atomic E-state index is 13.5. The summed E-state index contributed by atoms with van der Waals surface area (Å²) < 4.78 is 11.0. The maximum Gasteiger partial charge on any atom is 0.328 e. The molecule has 0 spiro atoms. The van der Waals surface area contributed by atoms with Gasteiger partial charge in [-0.2, -0.15) is 0 Å². The second-order valence-electron chi connectivity index (χ2n) is 11.4. The zero-order valence-electron chi connectivity index (χ0n) is 24.1. The molecule has 0 aliphatic heterocycles. The number of furan rings is 1. The Balaban J connectivity index is 1.22. The van der Waals surface area contributed by atoms with Crippen molar-refractivity contribution in [3.63, 3.8) is 0 Å². The lowest BCUT2D eigenvalue weighted by Gasteiger charge is -2.40. The van der Waals surface area contributed by atoms with E-state index in [1.54, 1.807) is 30.7 Å². The lowest BCUT2D eigenvalue weighted by Crippen LogP contribution is -2.61. The van der Waals surface area contributed by atoms with Crippen LogP contribution < -0.4 is 15.4 Å². The highest BCUT2D eigenvalue weighted by molar-refractivity contribution is 6.06. The minimum atomic E-state index is -1.06. The van der Waals surface area contributed by atoms with E-state index in [0.29, 0.717) is 47.9 Å². The second-order valence-corrected chi connectivity index (χ2v) is 11.4. The Hall–Kier alpha value is -4.79. The Bertz CT molecular complexity index is 1690. The van der Waals surface area contributed by atoms with Crippen LogP contribution in [0.5, 0.6) is 5.75 Å². The van der Waals surface area contributed by atoms with Gasteiger partial charge in [-0.3, -0.25) is 9.59 Å². The maximum atomic E-state index is 13.5. The number of amides is 2. The number of benzene rings is 2. The van der Waals surface area contributed by atoms with Crippen LogP contribution in [0.25, 0.3) is 28.2 Å². The van der Waals surface area contributed by atoms with Gasteiger partial charge in [0.2, 0.25) is 5.91 Å². The summed E-state index contributed by atoms with van der Waals surface area (Å²) in [6.45, 7) is 2.20. The molecule has 2 fully saturated rings. The number of carboxylic acid groups (broad SMARTS) is 1. The molecule has 6 rings (SSSR count). The first-order chi connectivity index (χ1) is 20.9. The molecular formula is C34H35N3O6. The van der Waals surface area contributed by atoms with Gasteiger partial charge in [0, 0.05) is 45.4 Å². The van der Waals surface area contributed by atoms with Crippen molar-refractivity contribution in [2.24, 2.45) is 0 Å². The normalized spacial score (nSPS) is 16.3. The summed E-state index contributed by atoms with van der Waals surface area (Å²) in [6.07, 6.45) is 12.5. The fraction of sp³-hybridized carbons (Fsp3) is 0.324. The predicted molar refractivity (Wildman–Crippen MR) is 164 cm³/mol. The minimum Gasteiger partial charge on any atom is -0.493 e. The Morgan fingerprint density at radius 2 is 1.91 bits per heavy atom. The molecule has 0 atom stereocenters. The summed E-state index contributed by atoms with van der Waals surface area (Å²) in [7, 11) is 0. The molecule has 0 saturated heterocycles. The molecule has 2 aromatic carbocycles. The van der Waals surface area contributed by atoms with Gasteiger partial charge in [0.25, 0.3) is 5.91 Å². The number of carboxylic acids is 1. The molecule has 2 aromatic heterocycles. The van der Waals surface area contributed by atoms with E-state index in [1.165, 1.54) is 24.5 Å². The van der Waals surface area contributed by atoms with Crippen LogP contribution in [0.3, 0.4) is 0 Å². The van der Waals surface area contributed by atoms with E-state index in [4.69, 9.17) is 14.3 Å². The summed E-state index contributed by atoms with van der Waals surface area (Å²) in [4.78, 5) is 41.6. The zero-order valence-corrected chi connectivity index (χ0v) is 24.1. The molecule has 2 amide bonds. The highest BCUT2D eigenvalue weighted by atomic mass is 16.5. The molecular weight excluding hydrogens is 546 g/mol. The summed E-state index contributed by atoms with van der Waals surface area (Å²) in [6, 6.07) is 12.7. The number of aliphatic carboxylic acids is 1. The number of aromatic amines is 1. The number of fused-ring (bicyclic) bond motifs is 1. The number of H-pyrrole nitrogens is 1.